The molecule has 10 nitrogen and oxygen atoms in total. The SMILES string of the molecule is COc1ccc(S(=O)(=O)N(CCO)CCO[C@H]2C[C@@H](c3ccc(C(F)(F)F)cc3)C=C(C(=O)N3CCOCC3)O2)cc1. The molecular weight excluding hydrogens is 581 g/mol. The van der Waals surface area contributed by atoms with Crippen molar-refractivity contribution in [2.75, 3.05) is 59.7 Å². The predicted octanol–water partition coefficient (Wildman–Crippen LogP) is 2.99. The third-order valence-corrected chi connectivity index (χ3v) is 8.84. The van der Waals surface area contributed by atoms with Crippen LogP contribution in [0.2, 0.25) is 0 Å². The Morgan fingerprint density at radius 3 is 2.33 bits per heavy atom. The van der Waals surface area contributed by atoms with E-state index < -0.39 is 46.5 Å². The van der Waals surface area contributed by atoms with Gasteiger partial charge in [0.25, 0.3) is 5.91 Å². The van der Waals surface area contributed by atoms with Crippen LogP contribution in [0.15, 0.2) is 65.3 Å². The minimum Gasteiger partial charge on any atom is -0.497 e. The lowest BCUT2D eigenvalue weighted by Gasteiger charge is -2.33. The zero-order valence-electron chi connectivity index (χ0n) is 23.0. The Morgan fingerprint density at radius 2 is 1.74 bits per heavy atom. The van der Waals surface area contributed by atoms with Gasteiger partial charge in [-0.25, -0.2) is 8.42 Å². The number of hydrogen-bond acceptors (Lipinski definition) is 8. The molecule has 0 aromatic heterocycles. The second-order valence-electron chi connectivity index (χ2n) is 9.62. The van der Waals surface area contributed by atoms with Gasteiger partial charge in [0.15, 0.2) is 5.76 Å². The number of methoxy groups -OCH3 is 1. The van der Waals surface area contributed by atoms with Crippen LogP contribution in [0.3, 0.4) is 0 Å². The number of allylic oxidation sites excluding steroid dienone is 1. The molecule has 1 N–H and O–H groups in total. The standard InChI is InChI=1S/C28H33F3N2O8S/c1-38-23-6-8-24(9-7-23)42(36,37)33(10-14-34)13-17-40-26-19-21(20-2-4-22(5-3-20)28(29,30)31)18-25(41-26)27(35)32-11-15-39-16-12-32/h2-9,18,21,26,34H,10-17,19H2,1H3/t21-,26+/m0/s1. The van der Waals surface area contributed by atoms with Gasteiger partial charge in [-0.2, -0.15) is 17.5 Å². The van der Waals surface area contributed by atoms with Crippen LogP contribution in [0.4, 0.5) is 13.2 Å². The van der Waals surface area contributed by atoms with Gasteiger partial charge in [-0.15, -0.1) is 0 Å². The van der Waals surface area contributed by atoms with Crippen LogP contribution in [0.5, 0.6) is 5.75 Å². The first-order chi connectivity index (χ1) is 20.0. The van der Waals surface area contributed by atoms with Gasteiger partial charge in [0.05, 0.1) is 44.0 Å². The largest absolute Gasteiger partial charge is 0.497 e. The van der Waals surface area contributed by atoms with Crippen LogP contribution in [0.1, 0.15) is 23.5 Å². The fourth-order valence-corrected chi connectivity index (χ4v) is 6.05. The maximum absolute atomic E-state index is 13.2. The first kappa shape index (κ1) is 31.8. The van der Waals surface area contributed by atoms with Crippen molar-refractivity contribution < 1.29 is 50.4 Å². The van der Waals surface area contributed by atoms with Crippen molar-refractivity contribution in [1.29, 1.82) is 0 Å². The van der Waals surface area contributed by atoms with Crippen LogP contribution in [0.25, 0.3) is 0 Å². The molecule has 0 unspecified atom stereocenters. The number of carbonyl (C=O) groups excluding carboxylic acids is 1. The van der Waals surface area contributed by atoms with Gasteiger partial charge in [-0.1, -0.05) is 12.1 Å². The predicted molar refractivity (Wildman–Crippen MR) is 144 cm³/mol. The van der Waals surface area contributed by atoms with E-state index in [2.05, 4.69) is 0 Å². The average Bonchev–Trinajstić information content (AvgIpc) is 3.00. The lowest BCUT2D eigenvalue weighted by atomic mass is 9.92. The summed E-state index contributed by atoms with van der Waals surface area (Å²) in [4.78, 5) is 14.8. The molecule has 2 heterocycles. The summed E-state index contributed by atoms with van der Waals surface area (Å²) in [5, 5.41) is 9.51. The monoisotopic (exact) mass is 614 g/mol. The van der Waals surface area contributed by atoms with Gasteiger partial charge in [0, 0.05) is 38.5 Å². The molecule has 1 amide bonds. The number of alkyl halides is 3. The fourth-order valence-electron chi connectivity index (χ4n) is 4.63. The molecule has 42 heavy (non-hydrogen) atoms. The Balaban J connectivity index is 1.49. The van der Waals surface area contributed by atoms with Gasteiger partial charge in [0.1, 0.15) is 5.75 Å². The fraction of sp³-hybridized carbons (Fsp3) is 0.464. The Bertz CT molecular complexity index is 1330. The highest BCUT2D eigenvalue weighted by Crippen LogP contribution is 2.35. The number of hydrogen-bond donors (Lipinski definition) is 1. The number of nitrogens with zero attached hydrogens (tertiary/aromatic N) is 2. The maximum atomic E-state index is 13.2. The summed E-state index contributed by atoms with van der Waals surface area (Å²) >= 11 is 0. The summed E-state index contributed by atoms with van der Waals surface area (Å²) in [6, 6.07) is 10.5. The van der Waals surface area contributed by atoms with E-state index in [4.69, 9.17) is 18.9 Å². The van der Waals surface area contributed by atoms with Crippen molar-refractivity contribution in [3.8, 4) is 5.75 Å². The van der Waals surface area contributed by atoms with Gasteiger partial charge in [-0.3, -0.25) is 4.79 Å². The number of rotatable bonds is 11. The molecular formula is C28H33F3N2O8S. The topological polar surface area (TPSA) is 115 Å². The molecule has 1 saturated heterocycles. The number of aliphatic hydroxyl groups is 1. The van der Waals surface area contributed by atoms with E-state index in [1.54, 1.807) is 11.0 Å². The number of morpholine rings is 1. The quantitative estimate of drug-likeness (QED) is 0.411. The molecule has 1 fully saturated rings. The highest BCUT2D eigenvalue weighted by atomic mass is 32.2. The first-order valence-corrected chi connectivity index (χ1v) is 14.8. The zero-order valence-corrected chi connectivity index (χ0v) is 23.8. The number of carbonyl (C=O) groups is 1. The van der Waals surface area contributed by atoms with Crippen molar-refractivity contribution in [2.24, 2.45) is 0 Å². The molecule has 2 aliphatic heterocycles. The molecule has 0 saturated carbocycles. The summed E-state index contributed by atoms with van der Waals surface area (Å²) in [7, 11) is -2.52. The van der Waals surface area contributed by atoms with Crippen LogP contribution in [-0.4, -0.2) is 94.6 Å². The molecule has 2 aliphatic rings. The van der Waals surface area contributed by atoms with Crippen LogP contribution < -0.4 is 4.74 Å². The number of sulfonamides is 1. The number of ether oxygens (including phenoxy) is 4. The van der Waals surface area contributed by atoms with Crippen LogP contribution in [-0.2, 0) is 35.2 Å². The van der Waals surface area contributed by atoms with Gasteiger partial charge < -0.3 is 29.0 Å². The van der Waals surface area contributed by atoms with Crippen molar-refractivity contribution >= 4 is 15.9 Å². The lowest BCUT2D eigenvalue weighted by molar-refractivity contribution is -0.155. The lowest BCUT2D eigenvalue weighted by Crippen LogP contribution is -2.43. The molecule has 0 bridgehead atoms. The smallest absolute Gasteiger partial charge is 0.416 e. The van der Waals surface area contributed by atoms with E-state index in [1.165, 1.54) is 43.5 Å². The zero-order chi connectivity index (χ0) is 30.3. The first-order valence-electron chi connectivity index (χ1n) is 13.3. The van der Waals surface area contributed by atoms with E-state index in [-0.39, 0.29) is 36.8 Å². The summed E-state index contributed by atoms with van der Waals surface area (Å²) in [6.45, 7) is 0.569. The molecule has 0 aliphatic carbocycles. The summed E-state index contributed by atoms with van der Waals surface area (Å²) in [5.74, 6) is -0.412. The average molecular weight is 615 g/mol. The number of halogens is 3. The van der Waals surface area contributed by atoms with E-state index in [0.29, 0.717) is 37.6 Å². The minimum absolute atomic E-state index is 0.00360. The minimum atomic E-state index is -4.49. The second-order valence-corrected chi connectivity index (χ2v) is 11.6. The Hall–Kier alpha value is -3.17. The van der Waals surface area contributed by atoms with Crippen molar-refractivity contribution in [3.05, 3.63) is 71.5 Å². The second kappa shape index (κ2) is 13.9. The van der Waals surface area contributed by atoms with E-state index >= 15 is 0 Å². The maximum Gasteiger partial charge on any atom is 0.416 e. The normalized spacial score (nSPS) is 19.8. The number of benzene rings is 2. The number of amides is 1. The Labute approximate surface area is 242 Å². The highest BCUT2D eigenvalue weighted by molar-refractivity contribution is 7.89. The Kier molecular flexibility index (Phi) is 10.5. The molecule has 2 aromatic carbocycles. The van der Waals surface area contributed by atoms with Crippen molar-refractivity contribution in [1.82, 2.24) is 9.21 Å². The summed E-state index contributed by atoms with van der Waals surface area (Å²) in [5.41, 5.74) is -0.252. The molecule has 4 rings (SSSR count). The van der Waals surface area contributed by atoms with E-state index in [9.17, 15) is 31.5 Å². The van der Waals surface area contributed by atoms with Gasteiger partial charge in [-0.05, 0) is 48.0 Å². The van der Waals surface area contributed by atoms with E-state index in [0.717, 1.165) is 16.4 Å². The molecule has 14 heteroatoms. The summed E-state index contributed by atoms with van der Waals surface area (Å²) in [6.07, 6.45) is -3.72. The highest BCUT2D eigenvalue weighted by Gasteiger charge is 2.34. The molecule has 0 radical (unpaired) electrons. The molecule has 2 atom stereocenters. The molecule has 2 aromatic rings. The number of aliphatic hydroxyl groups excluding tert-OH is 1. The third-order valence-electron chi connectivity index (χ3n) is 6.92. The van der Waals surface area contributed by atoms with Gasteiger partial charge >= 0.3 is 6.18 Å². The van der Waals surface area contributed by atoms with Gasteiger partial charge in [0.2, 0.25) is 16.3 Å². The van der Waals surface area contributed by atoms with Crippen molar-refractivity contribution in [3.63, 3.8) is 0 Å². The van der Waals surface area contributed by atoms with Crippen LogP contribution >= 0.6 is 0 Å². The van der Waals surface area contributed by atoms with E-state index in [1.807, 2.05) is 0 Å². The summed E-state index contributed by atoms with van der Waals surface area (Å²) < 4.78 is 88.9. The molecule has 0 spiro atoms. The Morgan fingerprint density at radius 1 is 1.07 bits per heavy atom. The molecule has 230 valence electrons. The third kappa shape index (κ3) is 7.81. The van der Waals surface area contributed by atoms with Crippen molar-refractivity contribution in [2.45, 2.75) is 29.7 Å². The van der Waals surface area contributed by atoms with Crippen LogP contribution in [0, 0.1) is 0 Å².